The van der Waals surface area contributed by atoms with Crippen LogP contribution in [0.3, 0.4) is 0 Å². The fourth-order valence-electron chi connectivity index (χ4n) is 2.74. The first kappa shape index (κ1) is 22.2. The molecule has 162 valence electrons. The van der Waals surface area contributed by atoms with Crippen LogP contribution in [0.2, 0.25) is 15.1 Å². The summed E-state index contributed by atoms with van der Waals surface area (Å²) in [6.07, 6.45) is 4.79. The first-order valence-corrected chi connectivity index (χ1v) is 10.6. The summed E-state index contributed by atoms with van der Waals surface area (Å²) >= 11 is 18.0. The highest BCUT2D eigenvalue weighted by Gasteiger charge is 2.06. The molecule has 0 aliphatic carbocycles. The zero-order valence-corrected chi connectivity index (χ0v) is 18.8. The number of benzene rings is 3. The number of nitrogens with one attached hydrogen (secondary N) is 1. The van der Waals surface area contributed by atoms with Gasteiger partial charge in [-0.05, 0) is 66.2 Å². The number of aromatic nitrogens is 3. The summed E-state index contributed by atoms with van der Waals surface area (Å²) < 4.78 is 7.43. The van der Waals surface area contributed by atoms with Crippen molar-refractivity contribution in [2.45, 2.75) is 6.61 Å². The number of hydrogen-bond donors (Lipinski definition) is 1. The maximum absolute atomic E-state index is 6.07. The van der Waals surface area contributed by atoms with Crippen LogP contribution in [-0.2, 0) is 11.4 Å². The van der Waals surface area contributed by atoms with Gasteiger partial charge in [0.1, 0.15) is 24.2 Å². The molecule has 0 spiro atoms. The van der Waals surface area contributed by atoms with Crippen molar-refractivity contribution in [1.29, 1.82) is 0 Å². The molecule has 0 saturated heterocycles. The van der Waals surface area contributed by atoms with Crippen molar-refractivity contribution in [2.24, 2.45) is 0 Å². The SMILES string of the molecule is Clc1ccc(Oc2ccc(C(=Cn3cncn3)NOCc3ccc(Cl)c(Cl)c3)cc2)cc1. The molecule has 3 aromatic carbocycles. The molecule has 0 amide bonds. The smallest absolute Gasteiger partial charge is 0.138 e. The average Bonchev–Trinajstić information content (AvgIpc) is 3.31. The number of nitrogens with zero attached hydrogens (tertiary/aromatic N) is 3. The van der Waals surface area contributed by atoms with E-state index in [1.165, 1.54) is 6.33 Å². The Balaban J connectivity index is 1.47. The molecule has 6 nitrogen and oxygen atoms in total. The maximum atomic E-state index is 6.07. The molecule has 0 aliphatic heterocycles. The van der Waals surface area contributed by atoms with Crippen molar-refractivity contribution in [3.05, 3.63) is 106 Å². The Kier molecular flexibility index (Phi) is 7.29. The van der Waals surface area contributed by atoms with E-state index in [0.29, 0.717) is 32.3 Å². The van der Waals surface area contributed by atoms with Gasteiger partial charge in [0, 0.05) is 10.6 Å². The van der Waals surface area contributed by atoms with E-state index in [2.05, 4.69) is 15.6 Å². The fraction of sp³-hybridized carbons (Fsp3) is 0.0435. The summed E-state index contributed by atoms with van der Waals surface area (Å²) in [7, 11) is 0. The minimum absolute atomic E-state index is 0.281. The van der Waals surface area contributed by atoms with Crippen molar-refractivity contribution in [2.75, 3.05) is 0 Å². The highest BCUT2D eigenvalue weighted by atomic mass is 35.5. The zero-order valence-electron chi connectivity index (χ0n) is 16.6. The molecule has 0 atom stereocenters. The Morgan fingerprint density at radius 2 is 1.62 bits per heavy atom. The van der Waals surface area contributed by atoms with E-state index in [9.17, 15) is 0 Å². The molecule has 1 heterocycles. The summed E-state index contributed by atoms with van der Waals surface area (Å²) in [4.78, 5) is 9.66. The Hall–Kier alpha value is -3.03. The van der Waals surface area contributed by atoms with Crippen LogP contribution in [0.4, 0.5) is 0 Å². The molecular formula is C23H17Cl3N4O2. The van der Waals surface area contributed by atoms with Gasteiger partial charge in [-0.15, -0.1) is 0 Å². The van der Waals surface area contributed by atoms with Crippen LogP contribution in [0.1, 0.15) is 11.1 Å². The molecule has 1 N–H and O–H groups in total. The zero-order chi connectivity index (χ0) is 22.3. The van der Waals surface area contributed by atoms with Crippen LogP contribution < -0.4 is 10.2 Å². The molecular weight excluding hydrogens is 471 g/mol. The first-order valence-electron chi connectivity index (χ1n) is 9.48. The summed E-state index contributed by atoms with van der Waals surface area (Å²) in [5.74, 6) is 1.39. The molecule has 32 heavy (non-hydrogen) atoms. The lowest BCUT2D eigenvalue weighted by molar-refractivity contribution is 0.0649. The second-order valence-electron chi connectivity index (χ2n) is 6.64. The van der Waals surface area contributed by atoms with Crippen molar-refractivity contribution < 1.29 is 9.57 Å². The van der Waals surface area contributed by atoms with Crippen molar-refractivity contribution >= 4 is 46.7 Å². The van der Waals surface area contributed by atoms with Crippen LogP contribution in [0.15, 0.2) is 79.4 Å². The van der Waals surface area contributed by atoms with E-state index in [0.717, 1.165) is 11.1 Å². The van der Waals surface area contributed by atoms with E-state index in [1.807, 2.05) is 42.5 Å². The van der Waals surface area contributed by atoms with Crippen LogP contribution in [0.5, 0.6) is 11.5 Å². The maximum Gasteiger partial charge on any atom is 0.138 e. The number of ether oxygens (including phenoxy) is 1. The Morgan fingerprint density at radius 3 is 2.28 bits per heavy atom. The van der Waals surface area contributed by atoms with Gasteiger partial charge >= 0.3 is 0 Å². The number of halogens is 3. The highest BCUT2D eigenvalue weighted by molar-refractivity contribution is 6.42. The molecule has 0 radical (unpaired) electrons. The van der Waals surface area contributed by atoms with Gasteiger partial charge in [-0.25, -0.2) is 9.67 Å². The molecule has 9 heteroatoms. The van der Waals surface area contributed by atoms with Gasteiger partial charge in [-0.1, -0.05) is 40.9 Å². The number of hydrogen-bond acceptors (Lipinski definition) is 5. The molecule has 1 aromatic heterocycles. The number of rotatable bonds is 8. The minimum atomic E-state index is 0.281. The topological polar surface area (TPSA) is 61.2 Å². The second-order valence-corrected chi connectivity index (χ2v) is 7.89. The van der Waals surface area contributed by atoms with Crippen molar-refractivity contribution in [3.63, 3.8) is 0 Å². The lowest BCUT2D eigenvalue weighted by Crippen LogP contribution is -2.14. The number of hydroxylamine groups is 1. The Labute approximate surface area is 199 Å². The highest BCUT2D eigenvalue weighted by Crippen LogP contribution is 2.25. The Bertz CT molecular complexity index is 1200. The van der Waals surface area contributed by atoms with E-state index >= 15 is 0 Å². The van der Waals surface area contributed by atoms with Gasteiger partial charge in [0.05, 0.1) is 28.5 Å². The van der Waals surface area contributed by atoms with E-state index in [4.69, 9.17) is 44.4 Å². The summed E-state index contributed by atoms with van der Waals surface area (Å²) in [5.41, 5.74) is 5.38. The van der Waals surface area contributed by atoms with Crippen LogP contribution >= 0.6 is 34.8 Å². The van der Waals surface area contributed by atoms with Crippen molar-refractivity contribution in [3.8, 4) is 11.5 Å². The molecule has 4 rings (SSSR count). The molecule has 0 fully saturated rings. The van der Waals surface area contributed by atoms with Crippen LogP contribution in [0, 0.1) is 0 Å². The van der Waals surface area contributed by atoms with Crippen LogP contribution in [-0.4, -0.2) is 14.8 Å². The predicted molar refractivity (Wildman–Crippen MR) is 127 cm³/mol. The molecule has 0 aliphatic rings. The summed E-state index contributed by atoms with van der Waals surface area (Å²) in [6, 6.07) is 20.0. The summed E-state index contributed by atoms with van der Waals surface area (Å²) in [5, 5.41) is 5.74. The lowest BCUT2D eigenvalue weighted by Gasteiger charge is -2.13. The third kappa shape index (κ3) is 6.02. The third-order valence-corrected chi connectivity index (χ3v) is 5.31. The normalized spacial score (nSPS) is 11.4. The fourth-order valence-corrected chi connectivity index (χ4v) is 3.19. The van der Waals surface area contributed by atoms with E-state index < -0.39 is 0 Å². The monoisotopic (exact) mass is 486 g/mol. The largest absolute Gasteiger partial charge is 0.457 e. The quantitative estimate of drug-likeness (QED) is 0.280. The standard InChI is InChI=1S/C23H17Cl3N4O2/c24-18-4-8-20(9-5-18)32-19-6-2-17(3-7-19)23(12-30-15-27-14-28-30)29-31-13-16-1-10-21(25)22(26)11-16/h1-12,14-15,29H,13H2. The van der Waals surface area contributed by atoms with Crippen LogP contribution in [0.25, 0.3) is 11.9 Å². The summed E-state index contributed by atoms with van der Waals surface area (Å²) in [6.45, 7) is 0.281. The van der Waals surface area contributed by atoms with Gasteiger partial charge in [0.2, 0.25) is 0 Å². The van der Waals surface area contributed by atoms with E-state index in [-0.39, 0.29) is 6.61 Å². The molecule has 4 aromatic rings. The Morgan fingerprint density at radius 1 is 0.906 bits per heavy atom. The molecule has 0 saturated carbocycles. The van der Waals surface area contributed by atoms with Crippen molar-refractivity contribution in [1.82, 2.24) is 20.2 Å². The average molecular weight is 488 g/mol. The second kappa shape index (κ2) is 10.5. The predicted octanol–water partition coefficient (Wildman–Crippen LogP) is 6.71. The van der Waals surface area contributed by atoms with Gasteiger partial charge < -0.3 is 4.74 Å². The molecule has 0 unspecified atom stereocenters. The molecule has 0 bridgehead atoms. The third-order valence-electron chi connectivity index (χ3n) is 4.32. The minimum Gasteiger partial charge on any atom is -0.457 e. The van der Waals surface area contributed by atoms with Gasteiger partial charge in [0.15, 0.2) is 0 Å². The van der Waals surface area contributed by atoms with E-state index in [1.54, 1.807) is 41.5 Å². The first-order chi connectivity index (χ1) is 15.6. The lowest BCUT2D eigenvalue weighted by atomic mass is 10.1. The van der Waals surface area contributed by atoms with Gasteiger partial charge in [-0.2, -0.15) is 5.10 Å². The van der Waals surface area contributed by atoms with Gasteiger partial charge in [0.25, 0.3) is 0 Å². The van der Waals surface area contributed by atoms with Gasteiger partial charge in [-0.3, -0.25) is 10.3 Å².